The first kappa shape index (κ1) is 11.4. The van der Waals surface area contributed by atoms with Crippen LogP contribution < -0.4 is 5.73 Å². The number of benzene rings is 1. The van der Waals surface area contributed by atoms with Gasteiger partial charge in [0.05, 0.1) is 0 Å². The molecular weight excluding hydrogens is 190 g/mol. The fourth-order valence-corrected chi connectivity index (χ4v) is 2.40. The van der Waals surface area contributed by atoms with Crippen molar-refractivity contribution >= 4 is 17.4 Å². The summed E-state index contributed by atoms with van der Waals surface area (Å²) in [5, 5.41) is 0. The Balaban J connectivity index is 2.47. The minimum Gasteiger partial charge on any atom is -0.399 e. The number of hydrogen-bond donors (Lipinski definition) is 1. The van der Waals surface area contributed by atoms with E-state index in [2.05, 4.69) is 32.9 Å². The summed E-state index contributed by atoms with van der Waals surface area (Å²) in [7, 11) is 0. The van der Waals surface area contributed by atoms with Crippen molar-refractivity contribution in [1.29, 1.82) is 0 Å². The first-order valence-corrected chi connectivity index (χ1v) is 6.07. The lowest BCUT2D eigenvalue weighted by atomic mass is 10.2. The number of thioether (sulfide) groups is 1. The molecule has 0 aliphatic carbocycles. The van der Waals surface area contributed by atoms with Crippen molar-refractivity contribution in [2.24, 2.45) is 5.92 Å². The minimum absolute atomic E-state index is 0.789. The molecule has 0 saturated carbocycles. The third kappa shape index (κ3) is 3.62. The number of nitrogen functional groups attached to an aromatic ring is 1. The van der Waals surface area contributed by atoms with Gasteiger partial charge in [-0.25, -0.2) is 0 Å². The van der Waals surface area contributed by atoms with Gasteiger partial charge in [0.25, 0.3) is 0 Å². The van der Waals surface area contributed by atoms with Gasteiger partial charge in [-0.2, -0.15) is 0 Å². The maximum atomic E-state index is 5.76. The van der Waals surface area contributed by atoms with E-state index >= 15 is 0 Å². The highest BCUT2D eigenvalue weighted by atomic mass is 32.2. The molecule has 0 saturated heterocycles. The second-order valence-corrected chi connectivity index (χ2v) is 5.22. The Morgan fingerprint density at radius 3 is 2.64 bits per heavy atom. The van der Waals surface area contributed by atoms with Crippen LogP contribution in [-0.2, 0) is 0 Å². The van der Waals surface area contributed by atoms with Crippen molar-refractivity contribution in [2.75, 3.05) is 11.5 Å². The van der Waals surface area contributed by atoms with E-state index in [1.807, 2.05) is 17.8 Å². The Hall–Kier alpha value is -0.630. The number of anilines is 1. The lowest BCUT2D eigenvalue weighted by Crippen LogP contribution is -1.91. The molecule has 1 aromatic rings. The topological polar surface area (TPSA) is 26.0 Å². The van der Waals surface area contributed by atoms with Crippen LogP contribution in [0.5, 0.6) is 0 Å². The second kappa shape index (κ2) is 5.30. The smallest absolute Gasteiger partial charge is 0.0344 e. The largest absolute Gasteiger partial charge is 0.399 e. The number of nitrogens with two attached hydrogens (primary N) is 1. The van der Waals surface area contributed by atoms with Gasteiger partial charge in [-0.1, -0.05) is 13.8 Å². The van der Waals surface area contributed by atoms with Gasteiger partial charge in [0.1, 0.15) is 0 Å². The van der Waals surface area contributed by atoms with Crippen LogP contribution in [0.1, 0.15) is 25.8 Å². The van der Waals surface area contributed by atoms with E-state index < -0.39 is 0 Å². The van der Waals surface area contributed by atoms with Crippen LogP contribution in [-0.4, -0.2) is 5.75 Å². The summed E-state index contributed by atoms with van der Waals surface area (Å²) in [5.41, 5.74) is 7.82. The highest BCUT2D eigenvalue weighted by Crippen LogP contribution is 2.23. The molecule has 0 atom stereocenters. The van der Waals surface area contributed by atoms with E-state index in [-0.39, 0.29) is 0 Å². The summed E-state index contributed by atoms with van der Waals surface area (Å²) in [6.45, 7) is 6.57. The first-order chi connectivity index (χ1) is 6.59. The summed E-state index contributed by atoms with van der Waals surface area (Å²) in [6.07, 6.45) is 1.27. The van der Waals surface area contributed by atoms with Gasteiger partial charge in [-0.15, -0.1) is 11.8 Å². The van der Waals surface area contributed by atoms with E-state index in [1.54, 1.807) is 0 Å². The summed E-state index contributed by atoms with van der Waals surface area (Å²) >= 11 is 1.92. The molecule has 1 nitrogen and oxygen atoms in total. The van der Waals surface area contributed by atoms with Gasteiger partial charge in [0, 0.05) is 10.6 Å². The molecule has 14 heavy (non-hydrogen) atoms. The normalized spacial score (nSPS) is 10.9. The van der Waals surface area contributed by atoms with Gasteiger partial charge in [-0.3, -0.25) is 0 Å². The van der Waals surface area contributed by atoms with Gasteiger partial charge >= 0.3 is 0 Å². The Kier molecular flexibility index (Phi) is 4.33. The van der Waals surface area contributed by atoms with Gasteiger partial charge in [-0.05, 0) is 48.8 Å². The van der Waals surface area contributed by atoms with Crippen LogP contribution in [0.4, 0.5) is 5.69 Å². The molecule has 0 heterocycles. The van der Waals surface area contributed by atoms with E-state index in [4.69, 9.17) is 5.73 Å². The lowest BCUT2D eigenvalue weighted by molar-refractivity contribution is 0.632. The van der Waals surface area contributed by atoms with Gasteiger partial charge in [0.15, 0.2) is 0 Å². The zero-order valence-electron chi connectivity index (χ0n) is 9.21. The molecule has 0 aliphatic heterocycles. The van der Waals surface area contributed by atoms with Crippen molar-refractivity contribution < 1.29 is 0 Å². The maximum absolute atomic E-state index is 5.76. The van der Waals surface area contributed by atoms with Crippen LogP contribution in [0.15, 0.2) is 23.1 Å². The average molecular weight is 209 g/mol. The second-order valence-electron chi connectivity index (χ2n) is 4.05. The van der Waals surface area contributed by atoms with Crippen LogP contribution in [0.3, 0.4) is 0 Å². The molecule has 0 aliphatic rings. The van der Waals surface area contributed by atoms with Crippen molar-refractivity contribution in [3.63, 3.8) is 0 Å². The van der Waals surface area contributed by atoms with Crippen molar-refractivity contribution in [3.05, 3.63) is 23.8 Å². The SMILES string of the molecule is Cc1cc(SCCC(C)C)ccc1N. The van der Waals surface area contributed by atoms with Crippen molar-refractivity contribution in [3.8, 4) is 0 Å². The van der Waals surface area contributed by atoms with Crippen molar-refractivity contribution in [2.45, 2.75) is 32.1 Å². The molecule has 0 bridgehead atoms. The highest BCUT2D eigenvalue weighted by molar-refractivity contribution is 7.99. The fourth-order valence-electron chi connectivity index (χ4n) is 1.15. The van der Waals surface area contributed by atoms with Crippen molar-refractivity contribution in [1.82, 2.24) is 0 Å². The molecule has 1 rings (SSSR count). The zero-order chi connectivity index (χ0) is 10.6. The summed E-state index contributed by atoms with van der Waals surface area (Å²) in [6, 6.07) is 6.26. The van der Waals surface area contributed by atoms with Crippen LogP contribution in [0.25, 0.3) is 0 Å². The molecule has 0 fully saturated rings. The maximum Gasteiger partial charge on any atom is 0.0344 e. The van der Waals surface area contributed by atoms with E-state index in [0.717, 1.165) is 11.6 Å². The quantitative estimate of drug-likeness (QED) is 0.604. The standard InChI is InChI=1S/C12H19NS/c1-9(2)6-7-14-11-4-5-12(13)10(3)8-11/h4-5,8-9H,6-7,13H2,1-3H3. The van der Waals surface area contributed by atoms with Crippen LogP contribution in [0, 0.1) is 12.8 Å². The Morgan fingerprint density at radius 1 is 1.36 bits per heavy atom. The molecule has 0 unspecified atom stereocenters. The number of hydrogen-bond acceptors (Lipinski definition) is 2. The molecule has 2 N–H and O–H groups in total. The van der Waals surface area contributed by atoms with Gasteiger partial charge < -0.3 is 5.73 Å². The molecule has 2 heteroatoms. The van der Waals surface area contributed by atoms with E-state index in [1.165, 1.54) is 22.6 Å². The van der Waals surface area contributed by atoms with Crippen LogP contribution in [0.2, 0.25) is 0 Å². The Morgan fingerprint density at radius 2 is 2.07 bits per heavy atom. The molecular formula is C12H19NS. The molecule has 78 valence electrons. The lowest BCUT2D eigenvalue weighted by Gasteiger charge is -2.06. The first-order valence-electron chi connectivity index (χ1n) is 5.08. The molecule has 0 radical (unpaired) electrons. The number of aryl methyl sites for hydroxylation is 1. The summed E-state index contributed by atoms with van der Waals surface area (Å²) in [4.78, 5) is 1.33. The Bertz CT molecular complexity index is 294. The monoisotopic (exact) mass is 209 g/mol. The average Bonchev–Trinajstić information content (AvgIpc) is 2.10. The predicted octanol–water partition coefficient (Wildman–Crippen LogP) is 3.72. The predicted molar refractivity (Wildman–Crippen MR) is 65.8 cm³/mol. The molecule has 0 spiro atoms. The Labute approximate surface area is 91.1 Å². The molecule has 1 aromatic carbocycles. The minimum atomic E-state index is 0.789. The zero-order valence-corrected chi connectivity index (χ0v) is 10.0. The van der Waals surface area contributed by atoms with Gasteiger partial charge in [0.2, 0.25) is 0 Å². The fraction of sp³-hybridized carbons (Fsp3) is 0.500. The summed E-state index contributed by atoms with van der Waals surface area (Å²) in [5.74, 6) is 1.98. The third-order valence-corrected chi connectivity index (χ3v) is 3.23. The molecule has 0 amide bonds. The summed E-state index contributed by atoms with van der Waals surface area (Å²) < 4.78 is 0. The third-order valence-electron chi connectivity index (χ3n) is 2.21. The van der Waals surface area contributed by atoms with E-state index in [9.17, 15) is 0 Å². The molecule has 0 aromatic heterocycles. The van der Waals surface area contributed by atoms with E-state index in [0.29, 0.717) is 0 Å². The number of rotatable bonds is 4. The highest BCUT2D eigenvalue weighted by Gasteiger charge is 1.99. The van der Waals surface area contributed by atoms with Crippen LogP contribution >= 0.6 is 11.8 Å².